The van der Waals surface area contributed by atoms with Crippen molar-refractivity contribution in [3.05, 3.63) is 175 Å². The first kappa shape index (κ1) is 29.5. The second kappa shape index (κ2) is 11.3. The molecule has 0 aliphatic heterocycles. The molecule has 51 heavy (non-hydrogen) atoms. The van der Waals surface area contributed by atoms with Crippen molar-refractivity contribution >= 4 is 32.3 Å². The van der Waals surface area contributed by atoms with Gasteiger partial charge in [0.05, 0.1) is 0 Å². The van der Waals surface area contributed by atoms with Gasteiger partial charge in [0, 0.05) is 22.1 Å². The SMILES string of the molecule is CC1(C)c2ccc(-c3ccccc3-c3nc(-c4ccccc4)nc(-c4ccccc4)n3)cc2-c2cc3c4ccccc4c4ccccc4c3cc21. The van der Waals surface area contributed by atoms with Crippen molar-refractivity contribution in [2.24, 2.45) is 0 Å². The third-order valence-corrected chi connectivity index (χ3v) is 10.7. The number of hydrogen-bond donors (Lipinski definition) is 0. The Kier molecular flexibility index (Phi) is 6.53. The molecule has 0 spiro atoms. The van der Waals surface area contributed by atoms with Gasteiger partial charge in [0.25, 0.3) is 0 Å². The van der Waals surface area contributed by atoms with Crippen molar-refractivity contribution in [2.45, 2.75) is 19.3 Å². The van der Waals surface area contributed by atoms with E-state index in [2.05, 4.69) is 141 Å². The van der Waals surface area contributed by atoms with Crippen LogP contribution in [0.25, 0.3) is 88.7 Å². The van der Waals surface area contributed by atoms with Gasteiger partial charge in [-0.1, -0.05) is 159 Å². The molecule has 0 amide bonds. The lowest BCUT2D eigenvalue weighted by atomic mass is 9.81. The molecule has 0 bridgehead atoms. The summed E-state index contributed by atoms with van der Waals surface area (Å²) in [6.07, 6.45) is 0. The third kappa shape index (κ3) is 4.62. The van der Waals surface area contributed by atoms with Crippen LogP contribution in [0.5, 0.6) is 0 Å². The van der Waals surface area contributed by atoms with Crippen LogP contribution in [0.2, 0.25) is 0 Å². The molecule has 240 valence electrons. The summed E-state index contributed by atoms with van der Waals surface area (Å²) in [5.41, 5.74) is 10.3. The summed E-state index contributed by atoms with van der Waals surface area (Å²) in [6.45, 7) is 4.72. The van der Waals surface area contributed by atoms with E-state index in [1.807, 2.05) is 36.4 Å². The predicted molar refractivity (Wildman–Crippen MR) is 212 cm³/mol. The summed E-state index contributed by atoms with van der Waals surface area (Å²) >= 11 is 0. The van der Waals surface area contributed by atoms with Crippen LogP contribution in [-0.2, 0) is 5.41 Å². The van der Waals surface area contributed by atoms with Crippen LogP contribution in [-0.4, -0.2) is 15.0 Å². The average molecular weight is 652 g/mol. The summed E-state index contributed by atoms with van der Waals surface area (Å²) in [5.74, 6) is 1.97. The highest BCUT2D eigenvalue weighted by Crippen LogP contribution is 2.52. The molecule has 0 fully saturated rings. The normalized spacial score (nSPS) is 13.1. The summed E-state index contributed by atoms with van der Waals surface area (Å²) < 4.78 is 0. The fourth-order valence-electron chi connectivity index (χ4n) is 8.17. The molecule has 0 radical (unpaired) electrons. The summed E-state index contributed by atoms with van der Waals surface area (Å²) in [4.78, 5) is 15.1. The predicted octanol–water partition coefficient (Wildman–Crippen LogP) is 12.3. The molecule has 0 atom stereocenters. The van der Waals surface area contributed by atoms with Gasteiger partial charge in [-0.2, -0.15) is 0 Å². The third-order valence-electron chi connectivity index (χ3n) is 10.7. The zero-order valence-corrected chi connectivity index (χ0v) is 28.4. The number of nitrogens with zero attached hydrogens (tertiary/aromatic N) is 3. The molecule has 1 aliphatic rings. The minimum absolute atomic E-state index is 0.146. The van der Waals surface area contributed by atoms with Gasteiger partial charge in [-0.05, 0) is 83.9 Å². The van der Waals surface area contributed by atoms with Gasteiger partial charge >= 0.3 is 0 Å². The molecule has 3 heteroatoms. The Balaban J connectivity index is 1.18. The van der Waals surface area contributed by atoms with Gasteiger partial charge in [-0.3, -0.25) is 0 Å². The zero-order chi connectivity index (χ0) is 34.1. The molecular formula is C48H33N3. The first-order valence-electron chi connectivity index (χ1n) is 17.5. The second-order valence-corrected chi connectivity index (χ2v) is 14.0. The zero-order valence-electron chi connectivity index (χ0n) is 28.4. The summed E-state index contributed by atoms with van der Waals surface area (Å²) in [6, 6.07) is 58.4. The van der Waals surface area contributed by atoms with E-state index in [0.29, 0.717) is 17.5 Å². The summed E-state index contributed by atoms with van der Waals surface area (Å²) in [7, 11) is 0. The average Bonchev–Trinajstić information content (AvgIpc) is 3.42. The minimum Gasteiger partial charge on any atom is -0.208 e. The number of benzene rings is 8. The van der Waals surface area contributed by atoms with Crippen molar-refractivity contribution in [1.82, 2.24) is 15.0 Å². The van der Waals surface area contributed by atoms with Crippen molar-refractivity contribution in [3.8, 4) is 56.4 Å². The Labute approximate surface area is 297 Å². The van der Waals surface area contributed by atoms with Crippen LogP contribution < -0.4 is 0 Å². The Morgan fingerprint density at radius 1 is 0.314 bits per heavy atom. The van der Waals surface area contributed by atoms with Crippen LogP contribution in [0, 0.1) is 0 Å². The molecule has 1 heterocycles. The van der Waals surface area contributed by atoms with Gasteiger partial charge < -0.3 is 0 Å². The van der Waals surface area contributed by atoms with E-state index < -0.39 is 0 Å². The first-order valence-corrected chi connectivity index (χ1v) is 17.5. The number of fused-ring (bicyclic) bond motifs is 9. The van der Waals surface area contributed by atoms with E-state index in [1.54, 1.807) is 0 Å². The standard InChI is InChI=1S/C48H33N3/c1-48(2)43-26-25-32(27-41(43)42-28-39-36-22-12-10-20-34(36)35-21-11-13-23-37(35)40(39)29-44(42)48)33-19-9-14-24-38(33)47-50-45(30-15-5-3-6-16-30)49-46(51-47)31-17-7-4-8-18-31/h3-29H,1-2H3. The maximum Gasteiger partial charge on any atom is 0.164 e. The van der Waals surface area contributed by atoms with Gasteiger partial charge in [-0.15, -0.1) is 0 Å². The van der Waals surface area contributed by atoms with Crippen molar-refractivity contribution in [3.63, 3.8) is 0 Å². The van der Waals surface area contributed by atoms with Crippen LogP contribution >= 0.6 is 0 Å². The molecule has 8 aromatic carbocycles. The molecule has 0 N–H and O–H groups in total. The first-order chi connectivity index (χ1) is 25.0. The van der Waals surface area contributed by atoms with E-state index in [-0.39, 0.29) is 5.41 Å². The van der Waals surface area contributed by atoms with E-state index in [1.165, 1.54) is 54.6 Å². The molecule has 0 unspecified atom stereocenters. The second-order valence-electron chi connectivity index (χ2n) is 14.0. The maximum atomic E-state index is 5.08. The lowest BCUT2D eigenvalue weighted by molar-refractivity contribution is 0.661. The molecule has 0 saturated heterocycles. The minimum atomic E-state index is -0.146. The Hall–Kier alpha value is -6.45. The molecule has 3 nitrogen and oxygen atoms in total. The number of rotatable bonds is 4. The van der Waals surface area contributed by atoms with Gasteiger partial charge in [0.2, 0.25) is 0 Å². The summed E-state index contributed by atoms with van der Waals surface area (Å²) in [5, 5.41) is 7.80. The monoisotopic (exact) mass is 651 g/mol. The smallest absolute Gasteiger partial charge is 0.164 e. The van der Waals surface area contributed by atoms with Gasteiger partial charge in [0.1, 0.15) is 0 Å². The molecular weight excluding hydrogens is 619 g/mol. The van der Waals surface area contributed by atoms with E-state index >= 15 is 0 Å². The molecule has 1 aromatic heterocycles. The highest BCUT2D eigenvalue weighted by atomic mass is 15.0. The van der Waals surface area contributed by atoms with E-state index in [9.17, 15) is 0 Å². The highest BCUT2D eigenvalue weighted by Gasteiger charge is 2.36. The van der Waals surface area contributed by atoms with Crippen molar-refractivity contribution < 1.29 is 0 Å². The maximum absolute atomic E-state index is 5.08. The van der Waals surface area contributed by atoms with Crippen molar-refractivity contribution in [1.29, 1.82) is 0 Å². The Bertz CT molecular complexity index is 2760. The van der Waals surface area contributed by atoms with E-state index in [4.69, 9.17) is 15.0 Å². The van der Waals surface area contributed by atoms with Crippen LogP contribution in [0.1, 0.15) is 25.0 Å². The molecule has 1 aliphatic carbocycles. The molecule has 10 rings (SSSR count). The molecule has 9 aromatic rings. The van der Waals surface area contributed by atoms with Gasteiger partial charge in [-0.25, -0.2) is 15.0 Å². The van der Waals surface area contributed by atoms with Crippen molar-refractivity contribution in [2.75, 3.05) is 0 Å². The quantitative estimate of drug-likeness (QED) is 0.178. The highest BCUT2D eigenvalue weighted by molar-refractivity contribution is 6.26. The lowest BCUT2D eigenvalue weighted by Crippen LogP contribution is -2.14. The van der Waals surface area contributed by atoms with Crippen LogP contribution in [0.3, 0.4) is 0 Å². The van der Waals surface area contributed by atoms with Crippen LogP contribution in [0.4, 0.5) is 0 Å². The Morgan fingerprint density at radius 2 is 0.765 bits per heavy atom. The molecule has 0 saturated carbocycles. The fourth-order valence-corrected chi connectivity index (χ4v) is 8.17. The van der Waals surface area contributed by atoms with Crippen LogP contribution in [0.15, 0.2) is 164 Å². The van der Waals surface area contributed by atoms with E-state index in [0.717, 1.165) is 27.8 Å². The fraction of sp³-hybridized carbons (Fsp3) is 0.0625. The lowest BCUT2D eigenvalue weighted by Gasteiger charge is -2.22. The Morgan fingerprint density at radius 3 is 1.35 bits per heavy atom. The number of hydrogen-bond acceptors (Lipinski definition) is 3. The van der Waals surface area contributed by atoms with Gasteiger partial charge in [0.15, 0.2) is 17.5 Å². The largest absolute Gasteiger partial charge is 0.208 e. The number of aromatic nitrogens is 3. The topological polar surface area (TPSA) is 38.7 Å².